The monoisotopic (exact) mass is 339 g/mol. The number of carbonyl (C=O) groups excluding carboxylic acids is 1. The van der Waals surface area contributed by atoms with Crippen LogP contribution in [0.5, 0.6) is 0 Å². The lowest BCUT2D eigenvalue weighted by molar-refractivity contribution is -0.116. The van der Waals surface area contributed by atoms with Crippen molar-refractivity contribution < 1.29 is 4.79 Å². The van der Waals surface area contributed by atoms with E-state index in [4.69, 9.17) is 5.73 Å². The van der Waals surface area contributed by atoms with E-state index in [1.54, 1.807) is 17.9 Å². The van der Waals surface area contributed by atoms with Crippen LogP contribution in [0.2, 0.25) is 0 Å². The summed E-state index contributed by atoms with van der Waals surface area (Å²) in [6, 6.07) is 7.66. The van der Waals surface area contributed by atoms with Crippen molar-refractivity contribution in [1.29, 1.82) is 0 Å². The lowest BCUT2D eigenvalue weighted by Crippen LogP contribution is -2.11. The SMILES string of the molecule is CCCC(=O)Nc1cccc(CNc2nc(N)c3cnn(C)c3n2)c1. The minimum absolute atomic E-state index is 0.0189. The van der Waals surface area contributed by atoms with Crippen LogP contribution < -0.4 is 16.4 Å². The molecule has 25 heavy (non-hydrogen) atoms. The first-order valence-electron chi connectivity index (χ1n) is 8.14. The predicted octanol–water partition coefficient (Wildman–Crippen LogP) is 2.30. The van der Waals surface area contributed by atoms with Crippen LogP contribution in [0.4, 0.5) is 17.5 Å². The molecule has 0 fully saturated rings. The normalized spacial score (nSPS) is 10.8. The van der Waals surface area contributed by atoms with Crippen LogP contribution >= 0.6 is 0 Å². The number of aromatic nitrogens is 4. The van der Waals surface area contributed by atoms with E-state index in [0.717, 1.165) is 23.1 Å². The Kier molecular flexibility index (Phi) is 4.78. The number of rotatable bonds is 6. The quantitative estimate of drug-likeness (QED) is 0.635. The third kappa shape index (κ3) is 3.85. The molecule has 1 amide bonds. The highest BCUT2D eigenvalue weighted by atomic mass is 16.1. The van der Waals surface area contributed by atoms with E-state index < -0.39 is 0 Å². The Morgan fingerprint density at radius 1 is 1.32 bits per heavy atom. The minimum Gasteiger partial charge on any atom is -0.383 e. The summed E-state index contributed by atoms with van der Waals surface area (Å²) in [5.41, 5.74) is 8.41. The van der Waals surface area contributed by atoms with Gasteiger partial charge in [0.05, 0.1) is 11.6 Å². The number of nitrogens with zero attached hydrogens (tertiary/aromatic N) is 4. The van der Waals surface area contributed by atoms with E-state index in [-0.39, 0.29) is 5.91 Å². The van der Waals surface area contributed by atoms with Gasteiger partial charge < -0.3 is 16.4 Å². The maximum Gasteiger partial charge on any atom is 0.226 e. The van der Waals surface area contributed by atoms with E-state index in [2.05, 4.69) is 25.7 Å². The number of hydrogen-bond acceptors (Lipinski definition) is 6. The highest BCUT2D eigenvalue weighted by Crippen LogP contribution is 2.19. The topological polar surface area (TPSA) is 111 Å². The summed E-state index contributed by atoms with van der Waals surface area (Å²) >= 11 is 0. The smallest absolute Gasteiger partial charge is 0.226 e. The summed E-state index contributed by atoms with van der Waals surface area (Å²) in [4.78, 5) is 20.4. The summed E-state index contributed by atoms with van der Waals surface area (Å²) in [7, 11) is 1.81. The first kappa shape index (κ1) is 16.7. The molecule has 2 aromatic heterocycles. The second kappa shape index (κ2) is 7.16. The van der Waals surface area contributed by atoms with Crippen LogP contribution in [-0.2, 0) is 18.4 Å². The molecule has 1 aromatic carbocycles. The number of aryl methyl sites for hydroxylation is 1. The Hall–Kier alpha value is -3.16. The molecular weight excluding hydrogens is 318 g/mol. The lowest BCUT2D eigenvalue weighted by Gasteiger charge is -2.09. The summed E-state index contributed by atoms with van der Waals surface area (Å²) in [6.45, 7) is 2.49. The van der Waals surface area contributed by atoms with Gasteiger partial charge in [0, 0.05) is 25.7 Å². The molecule has 4 N–H and O–H groups in total. The van der Waals surface area contributed by atoms with Gasteiger partial charge in [0.25, 0.3) is 0 Å². The molecule has 8 heteroatoms. The molecule has 3 aromatic rings. The van der Waals surface area contributed by atoms with Gasteiger partial charge in [-0.3, -0.25) is 9.48 Å². The average Bonchev–Trinajstić information content (AvgIpc) is 2.95. The molecule has 0 spiro atoms. The van der Waals surface area contributed by atoms with E-state index in [9.17, 15) is 4.79 Å². The fourth-order valence-corrected chi connectivity index (χ4v) is 2.51. The van der Waals surface area contributed by atoms with E-state index in [1.165, 1.54) is 0 Å². The highest BCUT2D eigenvalue weighted by Gasteiger charge is 2.09. The first-order valence-corrected chi connectivity index (χ1v) is 8.14. The molecule has 0 bridgehead atoms. The van der Waals surface area contributed by atoms with Crippen molar-refractivity contribution in [2.75, 3.05) is 16.4 Å². The number of nitrogen functional groups attached to an aromatic ring is 1. The Bertz CT molecular complexity index is 903. The lowest BCUT2D eigenvalue weighted by atomic mass is 10.2. The third-order valence-electron chi connectivity index (χ3n) is 3.76. The molecule has 2 heterocycles. The number of fused-ring (bicyclic) bond motifs is 1. The molecule has 0 unspecified atom stereocenters. The van der Waals surface area contributed by atoms with Crippen molar-refractivity contribution in [3.8, 4) is 0 Å². The molecule has 0 atom stereocenters. The number of carbonyl (C=O) groups is 1. The van der Waals surface area contributed by atoms with Crippen molar-refractivity contribution in [1.82, 2.24) is 19.7 Å². The van der Waals surface area contributed by atoms with Crippen LogP contribution in [0, 0.1) is 0 Å². The van der Waals surface area contributed by atoms with Gasteiger partial charge >= 0.3 is 0 Å². The second-order valence-electron chi connectivity index (χ2n) is 5.79. The molecule has 0 aliphatic rings. The number of anilines is 3. The van der Waals surface area contributed by atoms with Gasteiger partial charge in [-0.2, -0.15) is 15.1 Å². The predicted molar refractivity (Wildman–Crippen MR) is 98.0 cm³/mol. The zero-order valence-electron chi connectivity index (χ0n) is 14.3. The molecule has 130 valence electrons. The second-order valence-corrected chi connectivity index (χ2v) is 5.79. The summed E-state index contributed by atoms with van der Waals surface area (Å²) < 4.78 is 1.66. The van der Waals surface area contributed by atoms with Crippen LogP contribution in [0.1, 0.15) is 25.3 Å². The van der Waals surface area contributed by atoms with Gasteiger partial charge in [-0.05, 0) is 24.1 Å². The Morgan fingerprint density at radius 3 is 2.96 bits per heavy atom. The van der Waals surface area contributed by atoms with Crippen molar-refractivity contribution in [2.45, 2.75) is 26.3 Å². The maximum absolute atomic E-state index is 11.7. The molecule has 3 rings (SSSR count). The molecule has 0 aliphatic heterocycles. The van der Waals surface area contributed by atoms with Gasteiger partial charge in [-0.25, -0.2) is 0 Å². The number of benzene rings is 1. The molecule has 0 saturated heterocycles. The van der Waals surface area contributed by atoms with E-state index >= 15 is 0 Å². The third-order valence-corrected chi connectivity index (χ3v) is 3.76. The van der Waals surface area contributed by atoms with Gasteiger partial charge in [0.1, 0.15) is 5.82 Å². The zero-order valence-corrected chi connectivity index (χ0v) is 14.3. The Labute approximate surface area is 145 Å². The highest BCUT2D eigenvalue weighted by molar-refractivity contribution is 5.90. The standard InChI is InChI=1S/C17H21N7O/c1-3-5-14(25)21-12-7-4-6-11(8-12)9-19-17-22-15(18)13-10-20-24(2)16(13)23-17/h4,6-8,10H,3,5,9H2,1-2H3,(H,21,25)(H3,18,19,22,23). The van der Waals surface area contributed by atoms with Crippen LogP contribution in [-0.4, -0.2) is 25.7 Å². The Balaban J connectivity index is 1.71. The van der Waals surface area contributed by atoms with Crippen LogP contribution in [0.15, 0.2) is 30.5 Å². The molecule has 0 aliphatic carbocycles. The van der Waals surface area contributed by atoms with E-state index in [0.29, 0.717) is 30.4 Å². The van der Waals surface area contributed by atoms with Gasteiger partial charge in [0.2, 0.25) is 11.9 Å². The number of nitrogens with one attached hydrogen (secondary N) is 2. The van der Waals surface area contributed by atoms with Crippen LogP contribution in [0.3, 0.4) is 0 Å². The number of hydrogen-bond donors (Lipinski definition) is 3. The Morgan fingerprint density at radius 2 is 2.16 bits per heavy atom. The number of nitrogens with two attached hydrogens (primary N) is 1. The first-order chi connectivity index (χ1) is 12.1. The van der Waals surface area contributed by atoms with E-state index in [1.807, 2.05) is 31.2 Å². The number of amides is 1. The molecule has 0 saturated carbocycles. The molecular formula is C17H21N7O. The van der Waals surface area contributed by atoms with Gasteiger partial charge in [-0.1, -0.05) is 19.1 Å². The van der Waals surface area contributed by atoms with Crippen LogP contribution in [0.25, 0.3) is 11.0 Å². The maximum atomic E-state index is 11.7. The average molecular weight is 339 g/mol. The van der Waals surface area contributed by atoms with Crippen molar-refractivity contribution >= 4 is 34.4 Å². The van der Waals surface area contributed by atoms with Crippen molar-refractivity contribution in [3.63, 3.8) is 0 Å². The minimum atomic E-state index is 0.0189. The molecule has 0 radical (unpaired) electrons. The fraction of sp³-hybridized carbons (Fsp3) is 0.294. The van der Waals surface area contributed by atoms with Gasteiger partial charge in [0.15, 0.2) is 5.65 Å². The summed E-state index contributed by atoms with van der Waals surface area (Å²) in [5, 5.41) is 10.9. The van der Waals surface area contributed by atoms with Gasteiger partial charge in [-0.15, -0.1) is 0 Å². The fourth-order valence-electron chi connectivity index (χ4n) is 2.51. The summed E-state index contributed by atoms with van der Waals surface area (Å²) in [5.74, 6) is 0.848. The van der Waals surface area contributed by atoms with Crippen molar-refractivity contribution in [2.24, 2.45) is 7.05 Å². The molecule has 8 nitrogen and oxygen atoms in total. The summed E-state index contributed by atoms with van der Waals surface area (Å²) in [6.07, 6.45) is 2.99. The zero-order chi connectivity index (χ0) is 17.8. The van der Waals surface area contributed by atoms with Crippen molar-refractivity contribution in [3.05, 3.63) is 36.0 Å². The largest absolute Gasteiger partial charge is 0.383 e.